The van der Waals surface area contributed by atoms with Gasteiger partial charge in [0.1, 0.15) is 16.7 Å². The van der Waals surface area contributed by atoms with Crippen molar-refractivity contribution in [3.63, 3.8) is 0 Å². The lowest BCUT2D eigenvalue weighted by Crippen LogP contribution is -2.58. The van der Waals surface area contributed by atoms with Gasteiger partial charge in [0.2, 0.25) is 5.91 Å². The highest BCUT2D eigenvalue weighted by molar-refractivity contribution is 7.08. The summed E-state index contributed by atoms with van der Waals surface area (Å²) < 4.78 is 17.3. The lowest BCUT2D eigenvalue weighted by atomic mass is 9.93. The standard InChI is InChI=1S/C23H23FN4O2S/c1-3-19-21(31-26-25-19)23(30)28-13-12-27(2)22(29)20(28)14-16-6-4-5-7-18(16)15-8-10-17(24)11-9-15/h4-11,20H,3,12-14H2,1-2H3/t20-/m0/s1. The number of piperazine rings is 1. The van der Waals surface area contributed by atoms with Crippen LogP contribution in [0.5, 0.6) is 0 Å². The fraction of sp³-hybridized carbons (Fsp3) is 0.304. The van der Waals surface area contributed by atoms with E-state index in [-0.39, 0.29) is 17.6 Å². The Kier molecular flexibility index (Phi) is 6.08. The van der Waals surface area contributed by atoms with Gasteiger partial charge in [-0.1, -0.05) is 47.8 Å². The highest BCUT2D eigenvalue weighted by Gasteiger charge is 2.38. The molecule has 0 saturated carbocycles. The van der Waals surface area contributed by atoms with E-state index >= 15 is 0 Å². The van der Waals surface area contributed by atoms with Crippen LogP contribution in [-0.2, 0) is 17.6 Å². The summed E-state index contributed by atoms with van der Waals surface area (Å²) >= 11 is 1.07. The molecule has 4 rings (SSSR count). The summed E-state index contributed by atoms with van der Waals surface area (Å²) in [5.74, 6) is -0.589. The van der Waals surface area contributed by atoms with Crippen LogP contribution in [0.4, 0.5) is 4.39 Å². The van der Waals surface area contributed by atoms with Crippen LogP contribution < -0.4 is 0 Å². The monoisotopic (exact) mass is 438 g/mol. The zero-order valence-electron chi connectivity index (χ0n) is 17.4. The summed E-state index contributed by atoms with van der Waals surface area (Å²) in [5.41, 5.74) is 3.38. The van der Waals surface area contributed by atoms with Crippen LogP contribution in [-0.4, -0.2) is 57.4 Å². The Morgan fingerprint density at radius 3 is 2.65 bits per heavy atom. The van der Waals surface area contributed by atoms with Crippen molar-refractivity contribution in [2.75, 3.05) is 20.1 Å². The third kappa shape index (κ3) is 4.20. The summed E-state index contributed by atoms with van der Waals surface area (Å²) in [6.07, 6.45) is 0.980. The van der Waals surface area contributed by atoms with Crippen molar-refractivity contribution < 1.29 is 14.0 Å². The van der Waals surface area contributed by atoms with Crippen LogP contribution in [0.25, 0.3) is 11.1 Å². The lowest BCUT2D eigenvalue weighted by Gasteiger charge is -2.39. The molecule has 1 aliphatic heterocycles. The van der Waals surface area contributed by atoms with Crippen molar-refractivity contribution in [2.24, 2.45) is 0 Å². The second-order valence-corrected chi connectivity index (χ2v) is 8.30. The molecule has 0 radical (unpaired) electrons. The van der Waals surface area contributed by atoms with Crippen LogP contribution in [0, 0.1) is 5.82 Å². The summed E-state index contributed by atoms with van der Waals surface area (Å²) in [4.78, 5) is 30.3. The van der Waals surface area contributed by atoms with E-state index in [0.717, 1.165) is 28.2 Å². The maximum Gasteiger partial charge on any atom is 0.268 e. The fourth-order valence-electron chi connectivity index (χ4n) is 3.90. The van der Waals surface area contributed by atoms with E-state index in [1.807, 2.05) is 31.2 Å². The minimum absolute atomic E-state index is 0.0935. The van der Waals surface area contributed by atoms with E-state index in [2.05, 4.69) is 9.59 Å². The highest BCUT2D eigenvalue weighted by atomic mass is 32.1. The summed E-state index contributed by atoms with van der Waals surface area (Å²) in [6, 6.07) is 13.4. The molecule has 6 nitrogen and oxygen atoms in total. The van der Waals surface area contributed by atoms with E-state index < -0.39 is 6.04 Å². The van der Waals surface area contributed by atoms with Gasteiger partial charge in [0.15, 0.2) is 0 Å². The number of nitrogens with zero attached hydrogens (tertiary/aromatic N) is 4. The zero-order chi connectivity index (χ0) is 22.0. The van der Waals surface area contributed by atoms with E-state index in [1.165, 1.54) is 12.1 Å². The van der Waals surface area contributed by atoms with Crippen LogP contribution in [0.1, 0.15) is 27.9 Å². The second kappa shape index (κ2) is 8.93. The first kappa shape index (κ1) is 21.1. The van der Waals surface area contributed by atoms with E-state index in [9.17, 15) is 14.0 Å². The van der Waals surface area contributed by atoms with Crippen molar-refractivity contribution in [1.82, 2.24) is 19.4 Å². The number of hydrogen-bond acceptors (Lipinski definition) is 5. The van der Waals surface area contributed by atoms with Crippen molar-refractivity contribution in [3.8, 4) is 11.1 Å². The van der Waals surface area contributed by atoms with Gasteiger partial charge in [-0.2, -0.15) is 0 Å². The zero-order valence-corrected chi connectivity index (χ0v) is 18.2. The molecule has 1 atom stereocenters. The number of aryl methyl sites for hydroxylation is 1. The quantitative estimate of drug-likeness (QED) is 0.612. The largest absolute Gasteiger partial charge is 0.342 e. The van der Waals surface area contributed by atoms with Crippen LogP contribution in [0.2, 0.25) is 0 Å². The first-order valence-corrected chi connectivity index (χ1v) is 11.0. The van der Waals surface area contributed by atoms with Gasteiger partial charge in [-0.05, 0) is 46.8 Å². The van der Waals surface area contributed by atoms with Crippen LogP contribution in [0.3, 0.4) is 0 Å². The number of amides is 2. The van der Waals surface area contributed by atoms with Crippen molar-refractivity contribution in [2.45, 2.75) is 25.8 Å². The van der Waals surface area contributed by atoms with E-state index in [4.69, 9.17) is 0 Å². The number of carbonyl (C=O) groups is 2. The highest BCUT2D eigenvalue weighted by Crippen LogP contribution is 2.28. The molecule has 160 valence electrons. The summed E-state index contributed by atoms with van der Waals surface area (Å²) in [7, 11) is 1.76. The predicted molar refractivity (Wildman–Crippen MR) is 117 cm³/mol. The molecule has 8 heteroatoms. The van der Waals surface area contributed by atoms with Gasteiger partial charge in [0, 0.05) is 26.6 Å². The number of halogens is 1. The molecular formula is C23H23FN4O2S. The first-order chi connectivity index (χ1) is 15.0. The van der Waals surface area contributed by atoms with Gasteiger partial charge in [-0.3, -0.25) is 9.59 Å². The van der Waals surface area contributed by atoms with Gasteiger partial charge in [-0.15, -0.1) is 5.10 Å². The van der Waals surface area contributed by atoms with Crippen molar-refractivity contribution in [1.29, 1.82) is 0 Å². The summed E-state index contributed by atoms with van der Waals surface area (Å²) in [5, 5.41) is 4.05. The lowest BCUT2D eigenvalue weighted by molar-refractivity contribution is -0.138. The number of rotatable bonds is 5. The molecule has 1 fully saturated rings. The minimum Gasteiger partial charge on any atom is -0.342 e. The Labute approximate surface area is 184 Å². The fourth-order valence-corrected chi connectivity index (χ4v) is 4.61. The number of carbonyl (C=O) groups excluding carboxylic acids is 2. The van der Waals surface area contributed by atoms with Crippen LogP contribution >= 0.6 is 11.5 Å². The van der Waals surface area contributed by atoms with Crippen molar-refractivity contribution in [3.05, 3.63) is 70.5 Å². The van der Waals surface area contributed by atoms with Crippen LogP contribution in [0.15, 0.2) is 48.5 Å². The Morgan fingerprint density at radius 2 is 1.90 bits per heavy atom. The molecule has 1 aromatic heterocycles. The van der Waals surface area contributed by atoms with Gasteiger partial charge in [-0.25, -0.2) is 4.39 Å². The van der Waals surface area contributed by atoms with Gasteiger partial charge in [0.05, 0.1) is 5.69 Å². The first-order valence-electron chi connectivity index (χ1n) is 10.2. The number of benzene rings is 2. The molecule has 0 bridgehead atoms. The molecule has 1 aliphatic rings. The molecule has 0 N–H and O–H groups in total. The normalized spacial score (nSPS) is 16.6. The second-order valence-electron chi connectivity index (χ2n) is 7.54. The molecule has 1 saturated heterocycles. The van der Waals surface area contributed by atoms with Gasteiger partial charge in [0.25, 0.3) is 5.91 Å². The van der Waals surface area contributed by atoms with Gasteiger partial charge >= 0.3 is 0 Å². The maximum atomic E-state index is 13.4. The molecule has 0 aliphatic carbocycles. The van der Waals surface area contributed by atoms with E-state index in [1.54, 1.807) is 29.0 Å². The molecule has 0 unspecified atom stereocenters. The molecule has 2 aromatic carbocycles. The molecule has 31 heavy (non-hydrogen) atoms. The third-order valence-electron chi connectivity index (χ3n) is 5.65. The third-order valence-corrected chi connectivity index (χ3v) is 6.40. The predicted octanol–water partition coefficient (Wildman–Crippen LogP) is 3.43. The Hall–Kier alpha value is -3.13. The smallest absolute Gasteiger partial charge is 0.268 e. The molecule has 2 amide bonds. The Bertz CT molecular complexity index is 1100. The molecular weight excluding hydrogens is 415 g/mol. The number of hydrogen-bond donors (Lipinski definition) is 0. The SMILES string of the molecule is CCc1nnsc1C(=O)N1CCN(C)C(=O)[C@@H]1Cc1ccccc1-c1ccc(F)cc1. The topological polar surface area (TPSA) is 66.4 Å². The maximum absolute atomic E-state index is 13.4. The molecule has 0 spiro atoms. The van der Waals surface area contributed by atoms with Gasteiger partial charge < -0.3 is 9.80 Å². The average molecular weight is 439 g/mol. The molecule has 2 heterocycles. The van der Waals surface area contributed by atoms with Crippen molar-refractivity contribution >= 4 is 23.3 Å². The Balaban J connectivity index is 1.68. The number of aromatic nitrogens is 2. The molecule has 3 aromatic rings. The Morgan fingerprint density at radius 1 is 1.16 bits per heavy atom. The minimum atomic E-state index is -0.625. The number of likely N-dealkylation sites (N-methyl/N-ethyl adjacent to an activating group) is 1. The summed E-state index contributed by atoms with van der Waals surface area (Å²) in [6.45, 7) is 2.86. The van der Waals surface area contributed by atoms with E-state index in [0.29, 0.717) is 36.5 Å². The average Bonchev–Trinajstić information content (AvgIpc) is 3.26.